The molecule has 0 saturated carbocycles. The van der Waals surface area contributed by atoms with Crippen molar-refractivity contribution < 1.29 is 14.6 Å². The number of nitrogen functional groups attached to an aromatic ring is 1. The molecule has 1 aromatic carbocycles. The van der Waals surface area contributed by atoms with Gasteiger partial charge in [0, 0.05) is 37.4 Å². The number of likely N-dealkylation sites (tertiary alicyclic amines) is 1. The minimum Gasteiger partial charge on any atom is -0.497 e. The van der Waals surface area contributed by atoms with E-state index in [4.69, 9.17) is 15.6 Å². The third kappa shape index (κ3) is 2.41. The van der Waals surface area contributed by atoms with Gasteiger partial charge in [0.25, 0.3) is 5.91 Å². The summed E-state index contributed by atoms with van der Waals surface area (Å²) in [6.07, 6.45) is 0.846. The van der Waals surface area contributed by atoms with Gasteiger partial charge in [-0.05, 0) is 18.6 Å². The summed E-state index contributed by atoms with van der Waals surface area (Å²) in [4.78, 5) is 14.0. The Bertz CT molecular complexity index is 448. The van der Waals surface area contributed by atoms with Gasteiger partial charge in [0.1, 0.15) is 5.75 Å². The van der Waals surface area contributed by atoms with Crippen LogP contribution in [0.3, 0.4) is 0 Å². The topological polar surface area (TPSA) is 75.8 Å². The van der Waals surface area contributed by atoms with E-state index in [9.17, 15) is 4.79 Å². The molecule has 0 radical (unpaired) electrons. The van der Waals surface area contributed by atoms with Crippen molar-refractivity contribution in [3.63, 3.8) is 0 Å². The standard InChI is InChI=1S/C13H18N2O3/c1-18-10-2-3-11(12(14)6-10)13(17)15-5-4-9(7-15)8-16/h2-3,6,9,16H,4-5,7-8,14H2,1H3. The van der Waals surface area contributed by atoms with E-state index in [0.29, 0.717) is 30.1 Å². The van der Waals surface area contributed by atoms with Crippen molar-refractivity contribution in [1.82, 2.24) is 4.90 Å². The molecule has 0 bridgehead atoms. The highest BCUT2D eigenvalue weighted by molar-refractivity contribution is 5.99. The van der Waals surface area contributed by atoms with Crippen LogP contribution < -0.4 is 10.5 Å². The quantitative estimate of drug-likeness (QED) is 0.775. The number of nitrogens with two attached hydrogens (primary N) is 1. The number of nitrogens with zero attached hydrogens (tertiary/aromatic N) is 1. The van der Waals surface area contributed by atoms with Gasteiger partial charge in [0.15, 0.2) is 0 Å². The number of aliphatic hydroxyl groups is 1. The molecule has 1 aliphatic heterocycles. The molecule has 5 nitrogen and oxygen atoms in total. The summed E-state index contributed by atoms with van der Waals surface area (Å²) in [6.45, 7) is 1.40. The fourth-order valence-electron chi connectivity index (χ4n) is 2.20. The smallest absolute Gasteiger partial charge is 0.255 e. The second kappa shape index (κ2) is 5.27. The normalized spacial score (nSPS) is 19.0. The summed E-state index contributed by atoms with van der Waals surface area (Å²) >= 11 is 0. The van der Waals surface area contributed by atoms with Crippen LogP contribution in [0.15, 0.2) is 18.2 Å². The lowest BCUT2D eigenvalue weighted by Gasteiger charge is -2.17. The Labute approximate surface area is 106 Å². The molecule has 98 valence electrons. The van der Waals surface area contributed by atoms with Crippen molar-refractivity contribution in [1.29, 1.82) is 0 Å². The van der Waals surface area contributed by atoms with E-state index in [1.807, 2.05) is 0 Å². The van der Waals surface area contributed by atoms with Gasteiger partial charge in [-0.15, -0.1) is 0 Å². The largest absolute Gasteiger partial charge is 0.497 e. The van der Waals surface area contributed by atoms with Gasteiger partial charge in [-0.1, -0.05) is 0 Å². The van der Waals surface area contributed by atoms with Crippen molar-refractivity contribution in [2.75, 3.05) is 32.5 Å². The summed E-state index contributed by atoms with van der Waals surface area (Å²) in [5.41, 5.74) is 6.77. The second-order valence-electron chi connectivity index (χ2n) is 4.54. The Kier molecular flexibility index (Phi) is 3.72. The van der Waals surface area contributed by atoms with Crippen molar-refractivity contribution >= 4 is 11.6 Å². The molecule has 1 heterocycles. The molecule has 1 atom stereocenters. The maximum absolute atomic E-state index is 12.3. The molecule has 1 amide bonds. The van der Waals surface area contributed by atoms with Gasteiger partial charge in [-0.25, -0.2) is 0 Å². The van der Waals surface area contributed by atoms with Crippen molar-refractivity contribution in [3.8, 4) is 5.75 Å². The Morgan fingerprint density at radius 2 is 2.39 bits per heavy atom. The number of ether oxygens (including phenoxy) is 1. The zero-order valence-corrected chi connectivity index (χ0v) is 10.4. The van der Waals surface area contributed by atoms with Gasteiger partial charge in [0.05, 0.1) is 12.7 Å². The third-order valence-electron chi connectivity index (χ3n) is 3.32. The summed E-state index contributed by atoms with van der Waals surface area (Å²) in [5, 5.41) is 9.08. The number of carbonyl (C=O) groups excluding carboxylic acids is 1. The molecule has 0 aromatic heterocycles. The maximum atomic E-state index is 12.3. The molecular formula is C13H18N2O3. The van der Waals surface area contributed by atoms with Crippen LogP contribution in [-0.4, -0.2) is 42.7 Å². The third-order valence-corrected chi connectivity index (χ3v) is 3.32. The highest BCUT2D eigenvalue weighted by atomic mass is 16.5. The van der Waals surface area contributed by atoms with Gasteiger partial charge < -0.3 is 20.5 Å². The molecule has 3 N–H and O–H groups in total. The zero-order chi connectivity index (χ0) is 13.1. The number of hydrogen-bond donors (Lipinski definition) is 2. The monoisotopic (exact) mass is 250 g/mol. The van der Waals surface area contributed by atoms with E-state index < -0.39 is 0 Å². The van der Waals surface area contributed by atoms with Crippen LogP contribution in [0.4, 0.5) is 5.69 Å². The van der Waals surface area contributed by atoms with Crippen LogP contribution in [-0.2, 0) is 0 Å². The second-order valence-corrected chi connectivity index (χ2v) is 4.54. The zero-order valence-electron chi connectivity index (χ0n) is 10.4. The highest BCUT2D eigenvalue weighted by Gasteiger charge is 2.27. The first-order valence-corrected chi connectivity index (χ1v) is 5.99. The first-order chi connectivity index (χ1) is 8.65. The number of methoxy groups -OCH3 is 1. The molecule has 1 fully saturated rings. The van der Waals surface area contributed by atoms with Gasteiger partial charge in [-0.3, -0.25) is 4.79 Å². The van der Waals surface area contributed by atoms with E-state index in [2.05, 4.69) is 0 Å². The van der Waals surface area contributed by atoms with Gasteiger partial charge in [0.2, 0.25) is 0 Å². The van der Waals surface area contributed by atoms with Gasteiger partial charge >= 0.3 is 0 Å². The average molecular weight is 250 g/mol. The number of aliphatic hydroxyl groups excluding tert-OH is 1. The summed E-state index contributed by atoms with van der Waals surface area (Å²) in [7, 11) is 1.56. The van der Waals surface area contributed by atoms with Crippen molar-refractivity contribution in [2.45, 2.75) is 6.42 Å². The molecule has 0 aliphatic carbocycles. The first kappa shape index (κ1) is 12.7. The Morgan fingerprint density at radius 1 is 1.61 bits per heavy atom. The van der Waals surface area contributed by atoms with E-state index >= 15 is 0 Å². The number of rotatable bonds is 3. The summed E-state index contributed by atoms with van der Waals surface area (Å²) in [5.74, 6) is 0.748. The number of anilines is 1. The minimum atomic E-state index is -0.0777. The van der Waals surface area contributed by atoms with Crippen LogP contribution in [0.1, 0.15) is 16.8 Å². The van der Waals surface area contributed by atoms with Crippen molar-refractivity contribution in [3.05, 3.63) is 23.8 Å². The SMILES string of the molecule is COc1ccc(C(=O)N2CCC(CO)C2)c(N)c1. The van der Waals surface area contributed by atoms with E-state index in [1.54, 1.807) is 30.2 Å². The average Bonchev–Trinajstić information content (AvgIpc) is 2.86. The number of hydrogen-bond acceptors (Lipinski definition) is 4. The predicted octanol–water partition coefficient (Wildman–Crippen LogP) is 0.732. The Morgan fingerprint density at radius 3 is 2.94 bits per heavy atom. The minimum absolute atomic E-state index is 0.0777. The first-order valence-electron chi connectivity index (χ1n) is 5.99. The molecule has 2 rings (SSSR count). The van der Waals surface area contributed by atoms with Gasteiger partial charge in [-0.2, -0.15) is 0 Å². The predicted molar refractivity (Wildman–Crippen MR) is 68.5 cm³/mol. The van der Waals surface area contributed by atoms with E-state index in [1.165, 1.54) is 0 Å². The van der Waals surface area contributed by atoms with E-state index in [-0.39, 0.29) is 18.4 Å². The van der Waals surface area contributed by atoms with Crippen LogP contribution in [0.5, 0.6) is 5.75 Å². The molecule has 0 spiro atoms. The van der Waals surface area contributed by atoms with Crippen LogP contribution >= 0.6 is 0 Å². The lowest BCUT2D eigenvalue weighted by molar-refractivity contribution is 0.0783. The molecule has 1 aliphatic rings. The summed E-state index contributed by atoms with van der Waals surface area (Å²) < 4.78 is 5.05. The molecular weight excluding hydrogens is 232 g/mol. The van der Waals surface area contributed by atoms with Crippen molar-refractivity contribution in [2.24, 2.45) is 5.92 Å². The lowest BCUT2D eigenvalue weighted by Crippen LogP contribution is -2.29. The van der Waals surface area contributed by atoms with E-state index in [0.717, 1.165) is 6.42 Å². The number of amides is 1. The van der Waals surface area contributed by atoms with Crippen LogP contribution in [0.2, 0.25) is 0 Å². The Hall–Kier alpha value is -1.75. The number of benzene rings is 1. The molecule has 5 heteroatoms. The number of carbonyl (C=O) groups is 1. The lowest BCUT2D eigenvalue weighted by atomic mass is 10.1. The molecule has 18 heavy (non-hydrogen) atoms. The molecule has 1 unspecified atom stereocenters. The van der Waals surface area contributed by atoms with Crippen LogP contribution in [0, 0.1) is 5.92 Å². The molecule has 1 saturated heterocycles. The fraction of sp³-hybridized carbons (Fsp3) is 0.462. The Balaban J connectivity index is 2.14. The summed E-state index contributed by atoms with van der Waals surface area (Å²) in [6, 6.07) is 5.05. The van der Waals surface area contributed by atoms with Crippen LogP contribution in [0.25, 0.3) is 0 Å². The molecule has 1 aromatic rings. The highest BCUT2D eigenvalue weighted by Crippen LogP contribution is 2.24. The fourth-order valence-corrected chi connectivity index (χ4v) is 2.20. The maximum Gasteiger partial charge on any atom is 0.255 e.